The van der Waals surface area contributed by atoms with Crippen LogP contribution < -0.4 is 21.3 Å². The molecule has 0 atom stereocenters. The standard InChI is InChI=1S/C14H30N4S4/c1-3-5-7-15-13(19)17-9-11-21-22-12-10-18-14(20)16-8-6-4-2/h3-12H2,1-2H3,(H2,15,17,19)(H2,16,18,20). The molecule has 0 heterocycles. The van der Waals surface area contributed by atoms with E-state index in [4.69, 9.17) is 24.4 Å². The van der Waals surface area contributed by atoms with Crippen molar-refractivity contribution in [3.63, 3.8) is 0 Å². The number of rotatable bonds is 13. The normalized spacial score (nSPS) is 10.1. The summed E-state index contributed by atoms with van der Waals surface area (Å²) in [5.74, 6) is 2.08. The molecule has 22 heavy (non-hydrogen) atoms. The molecule has 0 aromatic rings. The topological polar surface area (TPSA) is 48.1 Å². The summed E-state index contributed by atoms with van der Waals surface area (Å²) in [6.45, 7) is 8.08. The second kappa shape index (κ2) is 17.4. The Bertz CT molecular complexity index is 262. The summed E-state index contributed by atoms with van der Waals surface area (Å²) < 4.78 is 0. The summed E-state index contributed by atoms with van der Waals surface area (Å²) >= 11 is 10.4. The molecular weight excluding hydrogens is 352 g/mol. The third-order valence-corrected chi connectivity index (χ3v) is 5.64. The van der Waals surface area contributed by atoms with Crippen LogP contribution in [0, 0.1) is 0 Å². The van der Waals surface area contributed by atoms with Crippen LogP contribution in [0.4, 0.5) is 0 Å². The van der Waals surface area contributed by atoms with Gasteiger partial charge in [0.15, 0.2) is 10.2 Å². The molecule has 0 amide bonds. The van der Waals surface area contributed by atoms with Gasteiger partial charge in [-0.2, -0.15) is 0 Å². The molecule has 0 fully saturated rings. The van der Waals surface area contributed by atoms with Gasteiger partial charge in [0.2, 0.25) is 0 Å². The molecule has 0 bridgehead atoms. The molecule has 4 N–H and O–H groups in total. The third kappa shape index (κ3) is 16.5. The SMILES string of the molecule is CCCCNC(=S)NCCSSCCNC(=S)NCCCC. The van der Waals surface area contributed by atoms with Crippen molar-refractivity contribution in [2.75, 3.05) is 37.7 Å². The van der Waals surface area contributed by atoms with Crippen molar-refractivity contribution in [2.45, 2.75) is 39.5 Å². The maximum Gasteiger partial charge on any atom is 0.166 e. The molecule has 0 aliphatic rings. The first-order chi connectivity index (χ1) is 10.7. The lowest BCUT2D eigenvalue weighted by Crippen LogP contribution is -2.37. The van der Waals surface area contributed by atoms with Crippen molar-refractivity contribution in [1.29, 1.82) is 0 Å². The van der Waals surface area contributed by atoms with Gasteiger partial charge in [0.05, 0.1) is 0 Å². The zero-order chi connectivity index (χ0) is 16.5. The minimum absolute atomic E-state index is 0.768. The van der Waals surface area contributed by atoms with E-state index in [1.165, 1.54) is 12.8 Å². The highest BCUT2D eigenvalue weighted by molar-refractivity contribution is 8.76. The van der Waals surface area contributed by atoms with Crippen LogP contribution in [0.1, 0.15) is 39.5 Å². The molecule has 0 rings (SSSR count). The molecule has 0 saturated carbocycles. The lowest BCUT2D eigenvalue weighted by atomic mass is 10.3. The smallest absolute Gasteiger partial charge is 0.166 e. The first-order valence-electron chi connectivity index (χ1n) is 7.98. The van der Waals surface area contributed by atoms with Gasteiger partial charge < -0.3 is 21.3 Å². The monoisotopic (exact) mass is 382 g/mol. The minimum Gasteiger partial charge on any atom is -0.363 e. The van der Waals surface area contributed by atoms with E-state index < -0.39 is 0 Å². The molecule has 4 nitrogen and oxygen atoms in total. The highest BCUT2D eigenvalue weighted by Crippen LogP contribution is 2.19. The van der Waals surface area contributed by atoms with Gasteiger partial charge in [-0.15, -0.1) is 0 Å². The average molecular weight is 383 g/mol. The summed E-state index contributed by atoms with van der Waals surface area (Å²) in [5.41, 5.74) is 0. The number of nitrogens with one attached hydrogen (secondary N) is 4. The minimum atomic E-state index is 0.768. The quantitative estimate of drug-likeness (QED) is 0.220. The van der Waals surface area contributed by atoms with E-state index in [1.54, 1.807) is 0 Å². The largest absolute Gasteiger partial charge is 0.363 e. The van der Waals surface area contributed by atoms with E-state index in [0.717, 1.165) is 60.8 Å². The predicted octanol–water partition coefficient (Wildman–Crippen LogP) is 2.90. The predicted molar refractivity (Wildman–Crippen MR) is 112 cm³/mol. The Kier molecular flexibility index (Phi) is 17.5. The van der Waals surface area contributed by atoms with E-state index in [0.29, 0.717) is 0 Å². The molecule has 0 aromatic carbocycles. The van der Waals surface area contributed by atoms with Gasteiger partial charge in [0.1, 0.15) is 0 Å². The molecule has 0 unspecified atom stereocenters. The number of hydrogen-bond donors (Lipinski definition) is 4. The Hall–Kier alpha value is 0.0800. The van der Waals surface area contributed by atoms with Crippen molar-refractivity contribution >= 4 is 56.2 Å². The van der Waals surface area contributed by atoms with E-state index in [1.807, 2.05) is 21.6 Å². The van der Waals surface area contributed by atoms with Gasteiger partial charge in [-0.25, -0.2) is 0 Å². The van der Waals surface area contributed by atoms with Gasteiger partial charge in [-0.1, -0.05) is 48.3 Å². The average Bonchev–Trinajstić information content (AvgIpc) is 2.50. The van der Waals surface area contributed by atoms with Crippen molar-refractivity contribution in [2.24, 2.45) is 0 Å². The molecular formula is C14H30N4S4. The second-order valence-corrected chi connectivity index (χ2v) is 8.24. The van der Waals surface area contributed by atoms with Gasteiger partial charge >= 0.3 is 0 Å². The Balaban J connectivity index is 3.23. The molecule has 0 radical (unpaired) electrons. The summed E-state index contributed by atoms with van der Waals surface area (Å²) in [4.78, 5) is 0. The maximum atomic E-state index is 5.19. The zero-order valence-electron chi connectivity index (χ0n) is 13.7. The summed E-state index contributed by atoms with van der Waals surface area (Å²) in [6, 6.07) is 0. The van der Waals surface area contributed by atoms with Gasteiger partial charge in [-0.05, 0) is 37.3 Å². The molecule has 8 heteroatoms. The molecule has 0 spiro atoms. The van der Waals surface area contributed by atoms with E-state index in [2.05, 4.69) is 35.1 Å². The summed E-state index contributed by atoms with van der Waals surface area (Å²) in [6.07, 6.45) is 4.70. The first-order valence-corrected chi connectivity index (χ1v) is 11.3. The number of hydrogen-bond acceptors (Lipinski definition) is 4. The summed E-state index contributed by atoms with van der Waals surface area (Å²) in [7, 11) is 3.72. The van der Waals surface area contributed by atoms with E-state index >= 15 is 0 Å². The Morgan fingerprint density at radius 2 is 1.05 bits per heavy atom. The maximum absolute atomic E-state index is 5.19. The third-order valence-electron chi connectivity index (χ3n) is 2.66. The van der Waals surface area contributed by atoms with Crippen LogP contribution in [0.15, 0.2) is 0 Å². The molecule has 0 aliphatic carbocycles. The van der Waals surface area contributed by atoms with Crippen LogP contribution in [-0.4, -0.2) is 47.9 Å². The fourth-order valence-corrected chi connectivity index (χ4v) is 3.63. The highest BCUT2D eigenvalue weighted by Gasteiger charge is 1.96. The Labute approximate surface area is 154 Å². The first kappa shape index (κ1) is 22.1. The van der Waals surface area contributed by atoms with Crippen LogP contribution in [0.2, 0.25) is 0 Å². The van der Waals surface area contributed by atoms with Gasteiger partial charge in [0.25, 0.3) is 0 Å². The lowest BCUT2D eigenvalue weighted by molar-refractivity contribution is 0.743. The number of unbranched alkanes of at least 4 members (excludes halogenated alkanes) is 2. The summed E-state index contributed by atoms with van der Waals surface area (Å²) in [5, 5.41) is 14.4. The van der Waals surface area contributed by atoms with Crippen molar-refractivity contribution < 1.29 is 0 Å². The van der Waals surface area contributed by atoms with Crippen molar-refractivity contribution in [1.82, 2.24) is 21.3 Å². The molecule has 0 aromatic heterocycles. The van der Waals surface area contributed by atoms with E-state index in [9.17, 15) is 0 Å². The van der Waals surface area contributed by atoms with Gasteiger partial charge in [-0.3, -0.25) is 0 Å². The Morgan fingerprint density at radius 3 is 1.41 bits per heavy atom. The van der Waals surface area contributed by atoms with Crippen LogP contribution in [0.25, 0.3) is 0 Å². The number of thiocarbonyl (C=S) groups is 2. The Morgan fingerprint density at radius 1 is 0.682 bits per heavy atom. The van der Waals surface area contributed by atoms with Crippen LogP contribution >= 0.6 is 46.0 Å². The lowest BCUT2D eigenvalue weighted by Gasteiger charge is -2.10. The van der Waals surface area contributed by atoms with Gasteiger partial charge in [0, 0.05) is 37.7 Å². The highest BCUT2D eigenvalue weighted by atomic mass is 33.1. The van der Waals surface area contributed by atoms with Crippen molar-refractivity contribution in [3.05, 3.63) is 0 Å². The van der Waals surface area contributed by atoms with Crippen LogP contribution in [0.3, 0.4) is 0 Å². The van der Waals surface area contributed by atoms with Crippen LogP contribution in [0.5, 0.6) is 0 Å². The fraction of sp³-hybridized carbons (Fsp3) is 0.857. The fourth-order valence-electron chi connectivity index (χ4n) is 1.41. The molecule has 0 aliphatic heterocycles. The van der Waals surface area contributed by atoms with Crippen LogP contribution in [-0.2, 0) is 0 Å². The molecule has 0 saturated heterocycles. The second-order valence-electron chi connectivity index (χ2n) is 4.72. The van der Waals surface area contributed by atoms with E-state index in [-0.39, 0.29) is 0 Å². The molecule has 130 valence electrons. The zero-order valence-corrected chi connectivity index (χ0v) is 17.0. The van der Waals surface area contributed by atoms with Crippen molar-refractivity contribution in [3.8, 4) is 0 Å².